The predicted molar refractivity (Wildman–Crippen MR) is 110 cm³/mol. The van der Waals surface area contributed by atoms with Crippen LogP contribution in [0, 0.1) is 6.92 Å². The number of amides is 1. The Morgan fingerprint density at radius 1 is 1.25 bits per heavy atom. The van der Waals surface area contributed by atoms with E-state index in [4.69, 9.17) is 16.3 Å². The third-order valence-corrected chi connectivity index (χ3v) is 5.40. The zero-order valence-electron chi connectivity index (χ0n) is 16.0. The van der Waals surface area contributed by atoms with Gasteiger partial charge in [-0.05, 0) is 55.3 Å². The number of carbonyl (C=O) groups excluding carboxylic acids is 1. The molecule has 4 rings (SSSR count). The first-order valence-corrected chi connectivity index (χ1v) is 9.75. The van der Waals surface area contributed by atoms with Crippen molar-refractivity contribution in [3.63, 3.8) is 0 Å². The molecule has 3 aromatic rings. The van der Waals surface area contributed by atoms with E-state index < -0.39 is 0 Å². The number of imidazole rings is 1. The van der Waals surface area contributed by atoms with Gasteiger partial charge in [-0.15, -0.1) is 0 Å². The summed E-state index contributed by atoms with van der Waals surface area (Å²) in [6.07, 6.45) is 4.13. The molecule has 28 heavy (non-hydrogen) atoms. The van der Waals surface area contributed by atoms with E-state index in [9.17, 15) is 4.79 Å². The van der Waals surface area contributed by atoms with Gasteiger partial charge in [-0.1, -0.05) is 17.7 Å². The number of carbonyl (C=O) groups is 1. The molecule has 0 spiro atoms. The lowest BCUT2D eigenvalue weighted by Gasteiger charge is -2.08. The Hall–Kier alpha value is -2.79. The Kier molecular flexibility index (Phi) is 5.09. The first-order chi connectivity index (χ1) is 13.5. The third-order valence-electron chi connectivity index (χ3n) is 5.17. The van der Waals surface area contributed by atoms with Crippen molar-refractivity contribution in [3.05, 3.63) is 65.1 Å². The second-order valence-electron chi connectivity index (χ2n) is 7.05. The highest BCUT2D eigenvalue weighted by molar-refractivity contribution is 6.31. The van der Waals surface area contributed by atoms with Crippen LogP contribution in [0.5, 0.6) is 5.75 Å². The van der Waals surface area contributed by atoms with Crippen molar-refractivity contribution in [2.75, 3.05) is 12.4 Å². The SMILES string of the molecule is COc1ccc(-c2c[n+](CC(=O)Nc3cc(Cl)ccc3C)c3n2CCC3)cc1. The maximum atomic E-state index is 12.7. The topological polar surface area (TPSA) is 47.1 Å². The van der Waals surface area contributed by atoms with Crippen molar-refractivity contribution < 1.29 is 14.1 Å². The zero-order chi connectivity index (χ0) is 19.7. The standard InChI is InChI=1S/C22H22ClN3O2/c1-15-5-8-17(23)12-19(15)24-21(27)14-25-13-20(26-11-3-4-22(25)26)16-6-9-18(28-2)10-7-16/h5-10,12-13H,3-4,11,14H2,1-2H3/p+1. The Balaban J connectivity index is 1.58. The molecule has 6 heteroatoms. The maximum absolute atomic E-state index is 12.7. The molecule has 1 aromatic heterocycles. The van der Waals surface area contributed by atoms with E-state index >= 15 is 0 Å². The first kappa shape index (κ1) is 18.6. The van der Waals surface area contributed by atoms with Gasteiger partial charge in [0.25, 0.3) is 11.7 Å². The lowest BCUT2D eigenvalue weighted by atomic mass is 10.1. The number of aromatic nitrogens is 2. The summed E-state index contributed by atoms with van der Waals surface area (Å²) in [6, 6.07) is 13.5. The highest BCUT2D eigenvalue weighted by Crippen LogP contribution is 2.26. The molecule has 1 aliphatic heterocycles. The van der Waals surface area contributed by atoms with Crippen LogP contribution in [0.1, 0.15) is 17.8 Å². The Morgan fingerprint density at radius 3 is 2.79 bits per heavy atom. The molecule has 2 heterocycles. The Morgan fingerprint density at radius 2 is 2.04 bits per heavy atom. The molecule has 0 atom stereocenters. The summed E-state index contributed by atoms with van der Waals surface area (Å²) in [4.78, 5) is 12.7. The predicted octanol–water partition coefficient (Wildman–Crippen LogP) is 4.00. The summed E-state index contributed by atoms with van der Waals surface area (Å²) in [7, 11) is 1.66. The van der Waals surface area contributed by atoms with E-state index in [1.807, 2.05) is 31.2 Å². The van der Waals surface area contributed by atoms with Crippen molar-refractivity contribution in [2.45, 2.75) is 32.9 Å². The van der Waals surface area contributed by atoms with Gasteiger partial charge in [-0.3, -0.25) is 4.79 Å². The molecule has 0 bridgehead atoms. The zero-order valence-corrected chi connectivity index (χ0v) is 16.8. The molecule has 1 amide bonds. The average Bonchev–Trinajstić information content (AvgIpc) is 3.29. The van der Waals surface area contributed by atoms with Crippen LogP contribution < -0.4 is 14.6 Å². The lowest BCUT2D eigenvalue weighted by molar-refractivity contribution is -0.690. The fourth-order valence-electron chi connectivity index (χ4n) is 3.71. The summed E-state index contributed by atoms with van der Waals surface area (Å²) in [5, 5.41) is 3.60. The van der Waals surface area contributed by atoms with Crippen molar-refractivity contribution in [1.82, 2.24) is 4.57 Å². The normalized spacial score (nSPS) is 12.7. The number of benzene rings is 2. The van der Waals surface area contributed by atoms with Crippen LogP contribution in [0.25, 0.3) is 11.3 Å². The summed E-state index contributed by atoms with van der Waals surface area (Å²) >= 11 is 6.06. The number of halogens is 1. The number of rotatable bonds is 5. The highest BCUT2D eigenvalue weighted by Gasteiger charge is 2.29. The van der Waals surface area contributed by atoms with E-state index in [0.29, 0.717) is 5.02 Å². The van der Waals surface area contributed by atoms with Gasteiger partial charge in [0.2, 0.25) is 0 Å². The quantitative estimate of drug-likeness (QED) is 0.662. The molecule has 1 aliphatic rings. The maximum Gasteiger partial charge on any atom is 0.266 e. The monoisotopic (exact) mass is 396 g/mol. The number of ether oxygens (including phenoxy) is 1. The summed E-state index contributed by atoms with van der Waals surface area (Å²) < 4.78 is 9.62. The van der Waals surface area contributed by atoms with Crippen LogP contribution in [-0.2, 0) is 24.3 Å². The molecule has 0 aliphatic carbocycles. The molecule has 144 valence electrons. The summed E-state index contributed by atoms with van der Waals surface area (Å²) in [5.41, 5.74) is 3.99. The number of hydrogen-bond donors (Lipinski definition) is 1. The minimum absolute atomic E-state index is 0.0584. The largest absolute Gasteiger partial charge is 0.497 e. The van der Waals surface area contributed by atoms with Crippen LogP contribution in [0.2, 0.25) is 5.02 Å². The Labute approximate surface area is 169 Å². The van der Waals surface area contributed by atoms with Crippen LogP contribution in [0.3, 0.4) is 0 Å². The molecule has 5 nitrogen and oxygen atoms in total. The molecule has 0 saturated carbocycles. The van der Waals surface area contributed by atoms with E-state index in [2.05, 4.69) is 32.8 Å². The number of nitrogens with zero attached hydrogens (tertiary/aromatic N) is 2. The fraction of sp³-hybridized carbons (Fsp3) is 0.273. The van der Waals surface area contributed by atoms with Gasteiger partial charge in [-0.25, -0.2) is 9.13 Å². The average molecular weight is 397 g/mol. The van der Waals surface area contributed by atoms with Gasteiger partial charge in [0.15, 0.2) is 12.2 Å². The van der Waals surface area contributed by atoms with E-state index in [1.165, 1.54) is 5.82 Å². The van der Waals surface area contributed by atoms with E-state index in [1.54, 1.807) is 13.2 Å². The van der Waals surface area contributed by atoms with Gasteiger partial charge < -0.3 is 10.1 Å². The minimum Gasteiger partial charge on any atom is -0.497 e. The van der Waals surface area contributed by atoms with Crippen molar-refractivity contribution in [1.29, 1.82) is 0 Å². The second-order valence-corrected chi connectivity index (χ2v) is 7.49. The molecular formula is C22H23ClN3O2+. The molecule has 2 aromatic carbocycles. The van der Waals surface area contributed by atoms with Crippen LogP contribution in [-0.4, -0.2) is 17.6 Å². The van der Waals surface area contributed by atoms with Gasteiger partial charge in [0.1, 0.15) is 11.9 Å². The molecule has 0 radical (unpaired) electrons. The Bertz CT molecular complexity index is 1030. The van der Waals surface area contributed by atoms with Crippen LogP contribution in [0.15, 0.2) is 48.7 Å². The van der Waals surface area contributed by atoms with Gasteiger partial charge in [-0.2, -0.15) is 0 Å². The smallest absolute Gasteiger partial charge is 0.266 e. The van der Waals surface area contributed by atoms with Crippen LogP contribution in [0.4, 0.5) is 5.69 Å². The minimum atomic E-state index is -0.0584. The number of anilines is 1. The van der Waals surface area contributed by atoms with Crippen molar-refractivity contribution >= 4 is 23.2 Å². The molecule has 0 unspecified atom stereocenters. The lowest BCUT2D eigenvalue weighted by Crippen LogP contribution is -2.42. The van der Waals surface area contributed by atoms with Crippen molar-refractivity contribution in [2.24, 2.45) is 0 Å². The number of hydrogen-bond acceptors (Lipinski definition) is 2. The third kappa shape index (κ3) is 3.62. The first-order valence-electron chi connectivity index (χ1n) is 9.37. The highest BCUT2D eigenvalue weighted by atomic mass is 35.5. The number of methoxy groups -OCH3 is 1. The summed E-state index contributed by atoms with van der Waals surface area (Å²) in [6.45, 7) is 3.20. The number of nitrogens with one attached hydrogen (secondary N) is 1. The van der Waals surface area contributed by atoms with Crippen LogP contribution >= 0.6 is 11.6 Å². The number of fused-ring (bicyclic) bond motifs is 1. The fourth-order valence-corrected chi connectivity index (χ4v) is 3.88. The molecular weight excluding hydrogens is 374 g/mol. The molecule has 0 fully saturated rings. The van der Waals surface area contributed by atoms with E-state index in [0.717, 1.165) is 47.6 Å². The second kappa shape index (κ2) is 7.68. The van der Waals surface area contributed by atoms with Gasteiger partial charge >= 0.3 is 0 Å². The van der Waals surface area contributed by atoms with E-state index in [-0.39, 0.29) is 12.5 Å². The summed E-state index contributed by atoms with van der Waals surface area (Å²) in [5.74, 6) is 1.96. The van der Waals surface area contributed by atoms with Gasteiger partial charge in [0.05, 0.1) is 20.1 Å². The number of aryl methyl sites for hydroxylation is 1. The molecule has 0 saturated heterocycles. The molecule has 1 N–H and O–H groups in total. The van der Waals surface area contributed by atoms with Gasteiger partial charge in [0, 0.05) is 16.3 Å². The van der Waals surface area contributed by atoms with Crippen molar-refractivity contribution in [3.8, 4) is 17.0 Å².